The molecule has 2 atom stereocenters. The minimum absolute atomic E-state index is 0.218. The molecule has 2 saturated heterocycles. The third-order valence-corrected chi connectivity index (χ3v) is 8.94. The maximum Gasteiger partial charge on any atom is 0.243 e. The van der Waals surface area contributed by atoms with Gasteiger partial charge in [-0.1, -0.05) is 48.4 Å². The molecule has 2 aromatic carbocycles. The van der Waals surface area contributed by atoms with E-state index in [1.807, 2.05) is 19.1 Å². The van der Waals surface area contributed by atoms with Crippen molar-refractivity contribution in [2.75, 3.05) is 13.1 Å². The molecule has 1 N–H and O–H groups in total. The molecule has 1 unspecified atom stereocenters. The van der Waals surface area contributed by atoms with Gasteiger partial charge in [0.1, 0.15) is 6.04 Å². The van der Waals surface area contributed by atoms with E-state index in [1.54, 1.807) is 24.3 Å². The highest BCUT2D eigenvalue weighted by Gasteiger charge is 2.39. The molecule has 2 aliphatic rings. The maximum absolute atomic E-state index is 13.2. The lowest BCUT2D eigenvalue weighted by Gasteiger charge is -2.33. The molecule has 0 saturated carbocycles. The summed E-state index contributed by atoms with van der Waals surface area (Å²) < 4.78 is 27.7. The Morgan fingerprint density at radius 3 is 2.42 bits per heavy atom. The first-order valence-electron chi connectivity index (χ1n) is 12.0. The van der Waals surface area contributed by atoms with Crippen LogP contribution < -0.4 is 5.32 Å². The van der Waals surface area contributed by atoms with E-state index in [4.69, 9.17) is 0 Å². The molecule has 2 aromatic rings. The number of hydrogen-bond acceptors (Lipinski definition) is 4. The van der Waals surface area contributed by atoms with Crippen LogP contribution in [0.25, 0.3) is 0 Å². The van der Waals surface area contributed by atoms with Gasteiger partial charge in [0, 0.05) is 25.7 Å². The van der Waals surface area contributed by atoms with E-state index < -0.39 is 16.1 Å². The lowest BCUT2D eigenvalue weighted by atomic mass is 10.0. The largest absolute Gasteiger partial charge is 0.351 e. The van der Waals surface area contributed by atoms with Gasteiger partial charge in [-0.25, -0.2) is 8.42 Å². The minimum atomic E-state index is -3.70. The predicted octanol–water partition coefficient (Wildman–Crippen LogP) is 3.84. The number of benzene rings is 2. The van der Waals surface area contributed by atoms with E-state index in [2.05, 4.69) is 29.3 Å². The van der Waals surface area contributed by atoms with Crippen LogP contribution in [-0.2, 0) is 27.9 Å². The first-order chi connectivity index (χ1) is 15.9. The molecule has 4 rings (SSSR count). The third kappa shape index (κ3) is 5.48. The van der Waals surface area contributed by atoms with Crippen molar-refractivity contribution in [3.8, 4) is 0 Å². The number of nitrogens with zero attached hydrogens (tertiary/aromatic N) is 2. The van der Waals surface area contributed by atoms with Crippen molar-refractivity contribution in [3.05, 3.63) is 65.2 Å². The van der Waals surface area contributed by atoms with Gasteiger partial charge in [-0.05, 0) is 69.3 Å². The van der Waals surface area contributed by atoms with Gasteiger partial charge in [0.05, 0.1) is 4.90 Å². The van der Waals surface area contributed by atoms with Crippen LogP contribution in [0.1, 0.15) is 55.7 Å². The normalized spacial score (nSPS) is 22.4. The van der Waals surface area contributed by atoms with Gasteiger partial charge in [-0.3, -0.25) is 9.69 Å². The summed E-state index contributed by atoms with van der Waals surface area (Å²) in [6, 6.07) is 15.0. The molecule has 0 bridgehead atoms. The topological polar surface area (TPSA) is 69.7 Å². The molecule has 0 aliphatic carbocycles. The first-order valence-corrected chi connectivity index (χ1v) is 13.5. The number of likely N-dealkylation sites (tertiary alicyclic amines) is 1. The molecule has 2 heterocycles. The standard InChI is InChI=1S/C26H35N3O3S/c1-20-12-14-24(15-13-20)33(31,32)29-17-7-11-25(29)26(30)27-18-22-9-3-4-10-23(22)19-28-16-6-5-8-21(28)2/h3-4,9-10,12-15,21,25H,5-8,11,16-19H2,1-2H3,(H,27,30)/t21?,25-/m0/s1. The molecule has 2 aliphatic heterocycles. The van der Waals surface area contributed by atoms with Gasteiger partial charge in [-0.2, -0.15) is 4.31 Å². The Balaban J connectivity index is 1.43. The Hall–Kier alpha value is -2.22. The van der Waals surface area contributed by atoms with Gasteiger partial charge < -0.3 is 5.32 Å². The van der Waals surface area contributed by atoms with E-state index in [0.717, 1.165) is 24.2 Å². The number of rotatable bonds is 7. The van der Waals surface area contributed by atoms with Crippen LogP contribution in [0, 0.1) is 6.92 Å². The fourth-order valence-electron chi connectivity index (χ4n) is 4.93. The summed E-state index contributed by atoms with van der Waals surface area (Å²) in [6.45, 7) is 6.98. The molecule has 2 fully saturated rings. The highest BCUT2D eigenvalue weighted by molar-refractivity contribution is 7.89. The molecule has 0 radical (unpaired) electrons. The molecule has 1 amide bonds. The predicted molar refractivity (Wildman–Crippen MR) is 130 cm³/mol. The Morgan fingerprint density at radius 1 is 0.970 bits per heavy atom. The number of piperidine rings is 1. The second kappa shape index (κ2) is 10.4. The van der Waals surface area contributed by atoms with Crippen molar-refractivity contribution >= 4 is 15.9 Å². The van der Waals surface area contributed by atoms with Crippen LogP contribution >= 0.6 is 0 Å². The number of sulfonamides is 1. The Kier molecular flexibility index (Phi) is 7.51. The van der Waals surface area contributed by atoms with Crippen LogP contribution in [0.15, 0.2) is 53.4 Å². The highest BCUT2D eigenvalue weighted by atomic mass is 32.2. The summed E-state index contributed by atoms with van der Waals surface area (Å²) in [7, 11) is -3.70. The molecular weight excluding hydrogens is 434 g/mol. The lowest BCUT2D eigenvalue weighted by molar-refractivity contribution is -0.124. The summed E-state index contributed by atoms with van der Waals surface area (Å²) in [5, 5.41) is 3.03. The van der Waals surface area contributed by atoms with Crippen molar-refractivity contribution < 1.29 is 13.2 Å². The number of nitrogens with one attached hydrogen (secondary N) is 1. The summed E-state index contributed by atoms with van der Waals surface area (Å²) in [5.41, 5.74) is 3.32. The Morgan fingerprint density at radius 2 is 1.70 bits per heavy atom. The molecule has 33 heavy (non-hydrogen) atoms. The zero-order chi connectivity index (χ0) is 23.4. The highest BCUT2D eigenvalue weighted by Crippen LogP contribution is 2.27. The molecular formula is C26H35N3O3S. The summed E-state index contributed by atoms with van der Waals surface area (Å²) in [6.07, 6.45) is 4.98. The van der Waals surface area contributed by atoms with Crippen LogP contribution in [0.4, 0.5) is 0 Å². The van der Waals surface area contributed by atoms with Crippen LogP contribution in [0.3, 0.4) is 0 Å². The van der Waals surface area contributed by atoms with Crippen molar-refractivity contribution in [2.45, 2.75) is 76.0 Å². The second-order valence-electron chi connectivity index (χ2n) is 9.39. The van der Waals surface area contributed by atoms with E-state index in [9.17, 15) is 13.2 Å². The molecule has 7 heteroatoms. The van der Waals surface area contributed by atoms with Crippen molar-refractivity contribution in [1.82, 2.24) is 14.5 Å². The minimum Gasteiger partial charge on any atom is -0.351 e. The second-order valence-corrected chi connectivity index (χ2v) is 11.3. The van der Waals surface area contributed by atoms with E-state index in [1.165, 1.54) is 29.1 Å². The maximum atomic E-state index is 13.2. The number of amides is 1. The first kappa shape index (κ1) is 23.9. The van der Waals surface area contributed by atoms with E-state index in [-0.39, 0.29) is 10.8 Å². The van der Waals surface area contributed by atoms with Crippen molar-refractivity contribution in [1.29, 1.82) is 0 Å². The number of hydrogen-bond donors (Lipinski definition) is 1. The number of carbonyl (C=O) groups excluding carboxylic acids is 1. The third-order valence-electron chi connectivity index (χ3n) is 7.02. The van der Waals surface area contributed by atoms with E-state index >= 15 is 0 Å². The summed E-state index contributed by atoms with van der Waals surface area (Å²) in [4.78, 5) is 15.8. The Labute approximate surface area is 198 Å². The van der Waals surface area contributed by atoms with Crippen LogP contribution in [0.5, 0.6) is 0 Å². The lowest BCUT2D eigenvalue weighted by Crippen LogP contribution is -2.45. The van der Waals surface area contributed by atoms with Crippen molar-refractivity contribution in [3.63, 3.8) is 0 Å². The van der Waals surface area contributed by atoms with Crippen molar-refractivity contribution in [2.24, 2.45) is 0 Å². The number of carbonyl (C=O) groups is 1. The smallest absolute Gasteiger partial charge is 0.243 e. The quantitative estimate of drug-likeness (QED) is 0.669. The van der Waals surface area contributed by atoms with Crippen LogP contribution in [0.2, 0.25) is 0 Å². The van der Waals surface area contributed by atoms with Gasteiger partial charge in [0.15, 0.2) is 0 Å². The number of aryl methyl sites for hydroxylation is 1. The average Bonchev–Trinajstić information content (AvgIpc) is 3.31. The van der Waals surface area contributed by atoms with Gasteiger partial charge >= 0.3 is 0 Å². The molecule has 0 aromatic heterocycles. The zero-order valence-corrected chi connectivity index (χ0v) is 20.5. The van der Waals surface area contributed by atoms with Gasteiger partial charge in [-0.15, -0.1) is 0 Å². The van der Waals surface area contributed by atoms with Crippen LogP contribution in [-0.4, -0.2) is 48.7 Å². The summed E-state index contributed by atoms with van der Waals surface area (Å²) >= 11 is 0. The van der Waals surface area contributed by atoms with Gasteiger partial charge in [0.2, 0.25) is 15.9 Å². The average molecular weight is 470 g/mol. The molecule has 0 spiro atoms. The summed E-state index contributed by atoms with van der Waals surface area (Å²) in [5.74, 6) is -0.218. The fraction of sp³-hybridized carbons (Fsp3) is 0.500. The van der Waals surface area contributed by atoms with E-state index in [0.29, 0.717) is 32.0 Å². The monoisotopic (exact) mass is 469 g/mol. The SMILES string of the molecule is Cc1ccc(S(=O)(=O)N2CCC[C@H]2C(=O)NCc2ccccc2CN2CCCCC2C)cc1. The van der Waals surface area contributed by atoms with Gasteiger partial charge in [0.25, 0.3) is 0 Å². The molecule has 178 valence electrons. The zero-order valence-electron chi connectivity index (χ0n) is 19.7. The molecule has 6 nitrogen and oxygen atoms in total. The fourth-order valence-corrected chi connectivity index (χ4v) is 6.59. The Bertz CT molecular complexity index is 1070.